The Kier molecular flexibility index (Phi) is 2.49. The number of rotatable bonds is 0. The summed E-state index contributed by atoms with van der Waals surface area (Å²) in [6.45, 7) is 0. The van der Waals surface area contributed by atoms with Crippen molar-refractivity contribution in [3.05, 3.63) is 11.9 Å². The van der Waals surface area contributed by atoms with E-state index >= 15 is 0 Å². The van der Waals surface area contributed by atoms with E-state index in [4.69, 9.17) is 0 Å². The molecule has 1 rings (SSSR count). The molecular weight excluding hydrogens is 240 g/mol. The Morgan fingerprint density at radius 3 is 2.00 bits per heavy atom. The molecule has 1 aliphatic heterocycles. The van der Waals surface area contributed by atoms with E-state index < -0.39 is 36.2 Å². The summed E-state index contributed by atoms with van der Waals surface area (Å²) in [6, 6.07) is 0. The van der Waals surface area contributed by atoms with E-state index in [1.165, 1.54) is 0 Å². The minimum absolute atomic E-state index is 0.885. The van der Waals surface area contributed by atoms with Crippen molar-refractivity contribution >= 4 is 0 Å². The lowest BCUT2D eigenvalue weighted by Gasteiger charge is -2.32. The maximum atomic E-state index is 12.4. The number of hydrogen-bond acceptors (Lipinski definition) is 1. The van der Waals surface area contributed by atoms with Crippen molar-refractivity contribution in [2.75, 3.05) is 0 Å². The van der Waals surface area contributed by atoms with E-state index in [1.807, 2.05) is 0 Å². The zero-order chi connectivity index (χ0) is 12.1. The Bertz CT molecular complexity index is 290. The highest BCUT2D eigenvalue weighted by atomic mass is 19.4. The van der Waals surface area contributed by atoms with E-state index in [0.717, 1.165) is 0 Å². The first-order valence-electron chi connectivity index (χ1n) is 3.37. The lowest BCUT2D eigenvalue weighted by atomic mass is 10.1. The molecular formula is C6H2F8O. The Morgan fingerprint density at radius 2 is 1.60 bits per heavy atom. The molecule has 9 heteroatoms. The Morgan fingerprint density at radius 1 is 1.13 bits per heavy atom. The summed E-state index contributed by atoms with van der Waals surface area (Å²) < 4.78 is 99.3. The summed E-state index contributed by atoms with van der Waals surface area (Å²) in [6.07, 6.45) is -16.7. The second-order valence-corrected chi connectivity index (χ2v) is 2.71. The van der Waals surface area contributed by atoms with Crippen LogP contribution < -0.4 is 0 Å². The van der Waals surface area contributed by atoms with Crippen molar-refractivity contribution in [1.29, 1.82) is 0 Å². The van der Waals surface area contributed by atoms with Gasteiger partial charge in [0.05, 0.1) is 0 Å². The molecule has 0 amide bonds. The summed E-state index contributed by atoms with van der Waals surface area (Å²) in [5, 5.41) is 0. The molecule has 1 heterocycles. The molecule has 0 fully saturated rings. The topological polar surface area (TPSA) is 9.23 Å². The molecule has 1 nitrogen and oxygen atoms in total. The molecule has 0 radical (unpaired) electrons. The average Bonchev–Trinajstić information content (AvgIpc) is 1.92. The van der Waals surface area contributed by atoms with E-state index in [2.05, 4.69) is 4.74 Å². The molecule has 0 aliphatic carbocycles. The van der Waals surface area contributed by atoms with Crippen LogP contribution in [-0.4, -0.2) is 18.4 Å². The van der Waals surface area contributed by atoms with Gasteiger partial charge in [0.2, 0.25) is 0 Å². The maximum absolute atomic E-state index is 12.4. The summed E-state index contributed by atoms with van der Waals surface area (Å²) in [5.74, 6) is -6.40. The normalized spacial score (nSPS) is 29.9. The maximum Gasteiger partial charge on any atom is 0.413 e. The molecule has 0 saturated heterocycles. The van der Waals surface area contributed by atoms with Crippen LogP contribution in [-0.2, 0) is 4.74 Å². The first-order chi connectivity index (χ1) is 6.47. The molecule has 0 aromatic heterocycles. The minimum Gasteiger partial charge on any atom is -0.249 e. The van der Waals surface area contributed by atoms with Gasteiger partial charge in [-0.2, -0.15) is 30.7 Å². The molecule has 0 spiro atoms. The molecule has 15 heavy (non-hydrogen) atoms. The van der Waals surface area contributed by atoms with E-state index in [1.54, 1.807) is 0 Å². The number of alkyl halides is 7. The van der Waals surface area contributed by atoms with Crippen molar-refractivity contribution in [2.45, 2.75) is 18.4 Å². The molecule has 1 unspecified atom stereocenters. The van der Waals surface area contributed by atoms with Crippen LogP contribution in [0.2, 0.25) is 0 Å². The van der Waals surface area contributed by atoms with Crippen molar-refractivity contribution in [1.82, 2.24) is 0 Å². The van der Waals surface area contributed by atoms with Gasteiger partial charge in [0, 0.05) is 0 Å². The predicted octanol–water partition coefficient (Wildman–Crippen LogP) is 3.23. The fourth-order valence-electron chi connectivity index (χ4n) is 0.909. The lowest BCUT2D eigenvalue weighted by molar-refractivity contribution is -0.411. The summed E-state index contributed by atoms with van der Waals surface area (Å²) >= 11 is 0. The Balaban J connectivity index is 3.15. The molecule has 0 aromatic carbocycles. The van der Waals surface area contributed by atoms with Gasteiger partial charge in [0.25, 0.3) is 0 Å². The van der Waals surface area contributed by atoms with Gasteiger partial charge < -0.3 is 0 Å². The van der Waals surface area contributed by atoms with E-state index in [-0.39, 0.29) is 0 Å². The van der Waals surface area contributed by atoms with Gasteiger partial charge in [0.15, 0.2) is 11.7 Å². The standard InChI is InChI=1S/C6H2F8O/c7-3-1-2(4(8,9)10)5(11,12)15-6(3,13)14/h1-2H. The third kappa shape index (κ3) is 2.21. The highest BCUT2D eigenvalue weighted by Gasteiger charge is 2.64. The smallest absolute Gasteiger partial charge is 0.249 e. The van der Waals surface area contributed by atoms with Gasteiger partial charge in [-0.1, -0.05) is 0 Å². The molecule has 1 aliphatic rings. The number of hydrogen-bond donors (Lipinski definition) is 0. The highest BCUT2D eigenvalue weighted by Crippen LogP contribution is 2.49. The first kappa shape index (κ1) is 12.2. The molecule has 0 saturated carbocycles. The predicted molar refractivity (Wildman–Crippen MR) is 29.7 cm³/mol. The van der Waals surface area contributed by atoms with Gasteiger partial charge in [-0.25, -0.2) is 9.13 Å². The van der Waals surface area contributed by atoms with E-state index in [0.29, 0.717) is 0 Å². The van der Waals surface area contributed by atoms with Crippen LogP contribution in [0.15, 0.2) is 11.9 Å². The van der Waals surface area contributed by atoms with Crippen LogP contribution >= 0.6 is 0 Å². The van der Waals surface area contributed by atoms with Crippen LogP contribution in [0.1, 0.15) is 0 Å². The van der Waals surface area contributed by atoms with Gasteiger partial charge in [0.1, 0.15) is 0 Å². The summed E-state index contributed by atoms with van der Waals surface area (Å²) in [7, 11) is 0. The quantitative estimate of drug-likeness (QED) is 0.592. The Hall–Kier alpha value is -0.860. The Labute approximate surface area is 77.3 Å². The van der Waals surface area contributed by atoms with Gasteiger partial charge in [-0.15, -0.1) is 0 Å². The third-order valence-corrected chi connectivity index (χ3v) is 1.57. The SMILES string of the molecule is FC1=CC(C(F)(F)F)C(F)(F)OC1(F)F. The zero-order valence-corrected chi connectivity index (χ0v) is 6.59. The van der Waals surface area contributed by atoms with E-state index in [9.17, 15) is 35.1 Å². The van der Waals surface area contributed by atoms with Crippen LogP contribution in [0, 0.1) is 5.92 Å². The van der Waals surface area contributed by atoms with Crippen molar-refractivity contribution in [2.24, 2.45) is 5.92 Å². The summed E-state index contributed by atoms with van der Waals surface area (Å²) in [5.41, 5.74) is 0. The minimum atomic E-state index is -5.57. The molecule has 0 aromatic rings. The van der Waals surface area contributed by atoms with Gasteiger partial charge in [-0.05, 0) is 6.08 Å². The molecule has 0 N–H and O–H groups in total. The molecule has 0 bridgehead atoms. The summed E-state index contributed by atoms with van der Waals surface area (Å²) in [4.78, 5) is 0. The molecule has 88 valence electrons. The molecule has 1 atom stereocenters. The van der Waals surface area contributed by atoms with Crippen molar-refractivity contribution < 1.29 is 39.9 Å². The average molecular weight is 242 g/mol. The number of halogens is 8. The highest BCUT2D eigenvalue weighted by molar-refractivity contribution is 5.10. The van der Waals surface area contributed by atoms with Crippen LogP contribution in [0.25, 0.3) is 0 Å². The monoisotopic (exact) mass is 242 g/mol. The zero-order valence-electron chi connectivity index (χ0n) is 6.59. The second kappa shape index (κ2) is 3.06. The fraction of sp³-hybridized carbons (Fsp3) is 0.667. The van der Waals surface area contributed by atoms with Gasteiger partial charge >= 0.3 is 18.4 Å². The van der Waals surface area contributed by atoms with Crippen LogP contribution in [0.5, 0.6) is 0 Å². The van der Waals surface area contributed by atoms with Crippen molar-refractivity contribution in [3.8, 4) is 0 Å². The van der Waals surface area contributed by atoms with Crippen LogP contribution in [0.3, 0.4) is 0 Å². The second-order valence-electron chi connectivity index (χ2n) is 2.71. The van der Waals surface area contributed by atoms with Crippen LogP contribution in [0.4, 0.5) is 35.1 Å². The lowest BCUT2D eigenvalue weighted by Crippen LogP contribution is -2.48. The fourth-order valence-corrected chi connectivity index (χ4v) is 0.909. The van der Waals surface area contributed by atoms with Crippen molar-refractivity contribution in [3.63, 3.8) is 0 Å². The third-order valence-electron chi connectivity index (χ3n) is 1.57. The number of ether oxygens (including phenoxy) is 1. The largest absolute Gasteiger partial charge is 0.413 e. The van der Waals surface area contributed by atoms with Gasteiger partial charge in [-0.3, -0.25) is 0 Å². The first-order valence-corrected chi connectivity index (χ1v) is 3.37.